The molecule has 0 unspecified atom stereocenters. The van der Waals surface area contributed by atoms with Gasteiger partial charge in [0.25, 0.3) is 5.91 Å². The maximum absolute atomic E-state index is 12.4. The van der Waals surface area contributed by atoms with Crippen LogP contribution in [0.1, 0.15) is 41.7 Å². The van der Waals surface area contributed by atoms with Gasteiger partial charge >= 0.3 is 0 Å². The zero-order valence-corrected chi connectivity index (χ0v) is 18.4. The predicted molar refractivity (Wildman–Crippen MR) is 127 cm³/mol. The van der Waals surface area contributed by atoms with E-state index in [1.165, 1.54) is 0 Å². The molecule has 3 N–H and O–H groups in total. The third-order valence-corrected chi connectivity index (χ3v) is 6.03. The first kappa shape index (κ1) is 20.7. The second kappa shape index (κ2) is 8.75. The molecular formula is C26H25N5O2. The van der Waals surface area contributed by atoms with Crippen molar-refractivity contribution >= 4 is 11.6 Å². The predicted octanol–water partition coefficient (Wildman–Crippen LogP) is 4.38. The summed E-state index contributed by atoms with van der Waals surface area (Å²) in [7, 11) is 0. The fourth-order valence-electron chi connectivity index (χ4n) is 4.43. The van der Waals surface area contributed by atoms with Crippen molar-refractivity contribution < 1.29 is 9.53 Å². The molecule has 0 radical (unpaired) electrons. The van der Waals surface area contributed by atoms with Crippen LogP contribution in [-0.2, 0) is 0 Å². The largest absolute Gasteiger partial charge is 0.457 e. The van der Waals surface area contributed by atoms with Gasteiger partial charge < -0.3 is 15.4 Å². The van der Waals surface area contributed by atoms with Gasteiger partial charge in [0.1, 0.15) is 17.2 Å². The van der Waals surface area contributed by atoms with E-state index in [2.05, 4.69) is 22.0 Å². The summed E-state index contributed by atoms with van der Waals surface area (Å²) >= 11 is 0. The van der Waals surface area contributed by atoms with Crippen molar-refractivity contribution in [2.75, 3.05) is 13.1 Å². The van der Waals surface area contributed by atoms with Crippen molar-refractivity contribution in [3.63, 3.8) is 0 Å². The number of para-hydroxylation sites is 1. The van der Waals surface area contributed by atoms with Crippen LogP contribution in [0.2, 0.25) is 0 Å². The van der Waals surface area contributed by atoms with E-state index in [1.54, 1.807) is 4.52 Å². The highest BCUT2D eigenvalue weighted by Crippen LogP contribution is 2.34. The summed E-state index contributed by atoms with van der Waals surface area (Å²) in [6, 6.07) is 20.3. The molecule has 0 saturated carbocycles. The van der Waals surface area contributed by atoms with E-state index >= 15 is 0 Å². The highest BCUT2D eigenvalue weighted by atomic mass is 16.5. The minimum absolute atomic E-state index is 0.349. The molecule has 166 valence electrons. The lowest BCUT2D eigenvalue weighted by Gasteiger charge is -2.28. The monoisotopic (exact) mass is 439 g/mol. The number of nitrogens with one attached hydrogen (secondary N) is 1. The minimum Gasteiger partial charge on any atom is -0.457 e. The van der Waals surface area contributed by atoms with Gasteiger partial charge in [-0.05, 0) is 62.1 Å². The summed E-state index contributed by atoms with van der Waals surface area (Å²) in [6.45, 7) is 3.70. The molecule has 5 rings (SSSR count). The molecule has 1 fully saturated rings. The standard InChI is InChI=1S/C26H25N5O2/c1-2-14-30-15-12-18(13-16-30)22-17-28-31-24(25(27)32)23(29-26(22)31)19-8-10-21(11-9-19)33-20-6-4-3-5-7-20/h3-11,17-18,28H,12-13,15-16H2,1H3,(H2,27,32). The molecule has 1 aliphatic heterocycles. The van der Waals surface area contributed by atoms with E-state index in [-0.39, 0.29) is 0 Å². The van der Waals surface area contributed by atoms with Gasteiger partial charge in [-0.15, -0.1) is 0 Å². The zero-order chi connectivity index (χ0) is 22.8. The number of hydrogen-bond donors (Lipinski definition) is 2. The quantitative estimate of drug-likeness (QED) is 0.452. The van der Waals surface area contributed by atoms with Crippen molar-refractivity contribution in [2.24, 2.45) is 5.73 Å². The van der Waals surface area contributed by atoms with Crippen molar-refractivity contribution in [2.45, 2.75) is 25.7 Å². The van der Waals surface area contributed by atoms with Crippen LogP contribution >= 0.6 is 0 Å². The Bertz CT molecular complexity index is 1330. The van der Waals surface area contributed by atoms with Crippen LogP contribution in [0.3, 0.4) is 0 Å². The number of amides is 1. The number of nitrogens with zero attached hydrogens (tertiary/aromatic N) is 3. The van der Waals surface area contributed by atoms with E-state index in [1.807, 2.05) is 67.7 Å². The molecule has 0 atom stereocenters. The number of aromatic nitrogens is 3. The normalized spacial score (nSPS) is 14.2. The molecule has 7 heteroatoms. The van der Waals surface area contributed by atoms with Crippen molar-refractivity contribution in [3.8, 4) is 34.7 Å². The number of rotatable bonds is 5. The van der Waals surface area contributed by atoms with Gasteiger partial charge in [-0.1, -0.05) is 24.1 Å². The Labute approximate surface area is 192 Å². The Morgan fingerprint density at radius 1 is 1.09 bits per heavy atom. The molecule has 0 bridgehead atoms. The molecule has 0 spiro atoms. The van der Waals surface area contributed by atoms with E-state index in [0.717, 1.165) is 48.5 Å². The van der Waals surface area contributed by atoms with E-state index in [0.29, 0.717) is 23.1 Å². The molecule has 7 nitrogen and oxygen atoms in total. The molecule has 33 heavy (non-hydrogen) atoms. The average molecular weight is 440 g/mol. The fraction of sp³-hybridized carbons (Fsp3) is 0.231. The lowest BCUT2D eigenvalue weighted by molar-refractivity contribution is 0.0994. The number of carbonyl (C=O) groups excluding carboxylic acids is 1. The number of imidazole rings is 1. The van der Waals surface area contributed by atoms with Crippen molar-refractivity contribution in [3.05, 3.63) is 72.1 Å². The first-order valence-corrected chi connectivity index (χ1v) is 11.0. The number of piperidine rings is 1. The molecule has 4 aromatic rings. The van der Waals surface area contributed by atoms with Gasteiger partial charge in [-0.3, -0.25) is 9.89 Å². The van der Waals surface area contributed by atoms with Gasteiger partial charge in [0, 0.05) is 36.5 Å². The lowest BCUT2D eigenvalue weighted by Crippen LogP contribution is -2.29. The molecule has 0 aliphatic carbocycles. The molecule has 1 saturated heterocycles. The third-order valence-electron chi connectivity index (χ3n) is 6.03. The number of H-pyrrole nitrogens is 1. The zero-order valence-electron chi connectivity index (χ0n) is 18.4. The molecule has 3 heterocycles. The van der Waals surface area contributed by atoms with Crippen LogP contribution in [-0.4, -0.2) is 38.5 Å². The summed E-state index contributed by atoms with van der Waals surface area (Å²) in [5.41, 5.74) is 9.35. The second-order valence-corrected chi connectivity index (χ2v) is 8.12. The highest BCUT2D eigenvalue weighted by Gasteiger charge is 2.27. The summed E-state index contributed by atoms with van der Waals surface area (Å²) in [6.07, 6.45) is 3.92. The molecule has 1 aliphatic rings. The molecular weight excluding hydrogens is 414 g/mol. The van der Waals surface area contributed by atoms with Crippen LogP contribution < -0.4 is 10.5 Å². The Hall–Kier alpha value is -4.18. The summed E-state index contributed by atoms with van der Waals surface area (Å²) in [5.74, 6) is 4.27. The first-order chi connectivity index (χ1) is 16.1. The minimum atomic E-state index is -0.524. The molecule has 2 aromatic carbocycles. The van der Waals surface area contributed by atoms with Gasteiger partial charge in [-0.2, -0.15) is 0 Å². The van der Waals surface area contributed by atoms with E-state index in [4.69, 9.17) is 15.5 Å². The SMILES string of the molecule is CC#CN1CCC(c2c[nH]n3c(C(N)=O)c(-c4ccc(Oc5ccccc5)cc4)nc23)CC1. The van der Waals surface area contributed by atoms with E-state index in [9.17, 15) is 4.79 Å². The topological polar surface area (TPSA) is 88.7 Å². The van der Waals surface area contributed by atoms with Crippen LogP contribution in [0.5, 0.6) is 11.5 Å². The van der Waals surface area contributed by atoms with Crippen LogP contribution in [0, 0.1) is 12.0 Å². The summed E-state index contributed by atoms with van der Waals surface area (Å²) in [5, 5.41) is 3.19. The Balaban J connectivity index is 1.45. The maximum Gasteiger partial charge on any atom is 0.269 e. The Kier molecular flexibility index (Phi) is 5.49. The Morgan fingerprint density at radius 3 is 2.45 bits per heavy atom. The molecule has 1 amide bonds. The van der Waals surface area contributed by atoms with E-state index < -0.39 is 5.91 Å². The fourth-order valence-corrected chi connectivity index (χ4v) is 4.43. The number of likely N-dealkylation sites (tertiary alicyclic amines) is 1. The number of ether oxygens (including phenoxy) is 1. The number of primary amides is 1. The lowest BCUT2D eigenvalue weighted by atomic mass is 9.91. The number of benzene rings is 2. The van der Waals surface area contributed by atoms with Gasteiger partial charge in [0.15, 0.2) is 11.3 Å². The number of aromatic amines is 1. The smallest absolute Gasteiger partial charge is 0.269 e. The summed E-state index contributed by atoms with van der Waals surface area (Å²) < 4.78 is 7.59. The number of hydrogen-bond acceptors (Lipinski definition) is 4. The van der Waals surface area contributed by atoms with Crippen LogP contribution in [0.25, 0.3) is 16.9 Å². The van der Waals surface area contributed by atoms with Crippen molar-refractivity contribution in [1.82, 2.24) is 19.5 Å². The third kappa shape index (κ3) is 4.03. The van der Waals surface area contributed by atoms with Gasteiger partial charge in [0.2, 0.25) is 0 Å². The van der Waals surface area contributed by atoms with Crippen LogP contribution in [0.4, 0.5) is 0 Å². The van der Waals surface area contributed by atoms with Gasteiger partial charge in [0.05, 0.1) is 0 Å². The number of carbonyl (C=O) groups is 1. The van der Waals surface area contributed by atoms with Crippen molar-refractivity contribution in [1.29, 1.82) is 0 Å². The average Bonchev–Trinajstić information content (AvgIpc) is 3.40. The number of nitrogens with two attached hydrogens (primary N) is 1. The first-order valence-electron chi connectivity index (χ1n) is 11.0. The highest BCUT2D eigenvalue weighted by molar-refractivity contribution is 5.98. The number of fused-ring (bicyclic) bond motifs is 1. The van der Waals surface area contributed by atoms with Crippen LogP contribution in [0.15, 0.2) is 60.8 Å². The Morgan fingerprint density at radius 2 is 1.79 bits per heavy atom. The summed E-state index contributed by atoms with van der Waals surface area (Å²) in [4.78, 5) is 19.4. The molecule has 2 aromatic heterocycles. The van der Waals surface area contributed by atoms with Gasteiger partial charge in [-0.25, -0.2) is 9.50 Å². The maximum atomic E-state index is 12.4. The second-order valence-electron chi connectivity index (χ2n) is 8.12.